The van der Waals surface area contributed by atoms with Gasteiger partial charge in [0.05, 0.1) is 20.8 Å². The number of hydrogen-bond acceptors (Lipinski definition) is 11. The predicted molar refractivity (Wildman–Crippen MR) is 77.2 cm³/mol. The minimum absolute atomic E-state index is 0.0207. The van der Waals surface area contributed by atoms with Gasteiger partial charge >= 0.3 is 0 Å². The van der Waals surface area contributed by atoms with E-state index in [2.05, 4.69) is 24.8 Å². The van der Waals surface area contributed by atoms with Crippen LogP contribution in [0.3, 0.4) is 0 Å². The second kappa shape index (κ2) is 6.46. The van der Waals surface area contributed by atoms with Crippen molar-refractivity contribution in [3.8, 4) is 0 Å². The van der Waals surface area contributed by atoms with Crippen LogP contribution in [0.5, 0.6) is 0 Å². The van der Waals surface area contributed by atoms with Gasteiger partial charge in [-0.3, -0.25) is 14.3 Å². The summed E-state index contributed by atoms with van der Waals surface area (Å²) in [5.74, 6) is 0.144. The SMILES string of the molecule is CNc1nc2c(ncn2[C@@H]2O[C@H](COP(=O)([O-])[O-])[C@H](O)C2O)c(=O)[nH]1. The number of H-pyrrole nitrogens is 1. The molecule has 0 saturated carbocycles. The fraction of sp³-hybridized carbons (Fsp3) is 0.545. The van der Waals surface area contributed by atoms with E-state index in [0.29, 0.717) is 0 Å². The van der Waals surface area contributed by atoms with Crippen molar-refractivity contribution < 1.29 is 33.8 Å². The number of imidazole rings is 1. The van der Waals surface area contributed by atoms with E-state index in [4.69, 9.17) is 4.74 Å². The lowest BCUT2D eigenvalue weighted by Crippen LogP contribution is -2.34. The van der Waals surface area contributed by atoms with Gasteiger partial charge in [-0.2, -0.15) is 4.98 Å². The first-order chi connectivity index (χ1) is 11.7. The molecule has 0 aromatic carbocycles. The summed E-state index contributed by atoms with van der Waals surface area (Å²) in [6.07, 6.45) is -4.34. The lowest BCUT2D eigenvalue weighted by molar-refractivity contribution is -0.343. The van der Waals surface area contributed by atoms with Crippen molar-refractivity contribution in [1.29, 1.82) is 0 Å². The number of ether oxygens (including phenoxy) is 1. The Morgan fingerprint density at radius 2 is 2.20 bits per heavy atom. The summed E-state index contributed by atoms with van der Waals surface area (Å²) in [6.45, 7) is -0.762. The Morgan fingerprint density at radius 1 is 1.48 bits per heavy atom. The van der Waals surface area contributed by atoms with Crippen LogP contribution >= 0.6 is 7.82 Å². The van der Waals surface area contributed by atoms with Crippen LogP contribution < -0.4 is 20.7 Å². The average molecular weight is 375 g/mol. The molecule has 1 aliphatic rings. The first kappa shape index (κ1) is 17.9. The third-order valence-electron chi connectivity index (χ3n) is 3.68. The van der Waals surface area contributed by atoms with Crippen molar-refractivity contribution in [1.82, 2.24) is 19.5 Å². The Balaban J connectivity index is 1.91. The summed E-state index contributed by atoms with van der Waals surface area (Å²) in [7, 11) is -3.72. The molecule has 4 atom stereocenters. The van der Waals surface area contributed by atoms with Crippen LogP contribution in [-0.4, -0.2) is 61.7 Å². The van der Waals surface area contributed by atoms with Gasteiger partial charge in [0, 0.05) is 7.05 Å². The summed E-state index contributed by atoms with van der Waals surface area (Å²) in [4.78, 5) is 43.5. The lowest BCUT2D eigenvalue weighted by Gasteiger charge is -2.30. The first-order valence-corrected chi connectivity index (χ1v) is 8.50. The topological polar surface area (TPSA) is 198 Å². The van der Waals surface area contributed by atoms with E-state index in [-0.39, 0.29) is 17.1 Å². The van der Waals surface area contributed by atoms with Crippen LogP contribution in [0.2, 0.25) is 0 Å². The third kappa shape index (κ3) is 3.43. The molecule has 13 nitrogen and oxygen atoms in total. The normalized spacial score (nSPS) is 27.1. The maximum absolute atomic E-state index is 11.9. The molecule has 4 N–H and O–H groups in total. The molecule has 0 amide bonds. The molecule has 3 rings (SSSR count). The zero-order valence-corrected chi connectivity index (χ0v) is 13.6. The Kier molecular flexibility index (Phi) is 4.64. The minimum atomic E-state index is -5.26. The minimum Gasteiger partial charge on any atom is -0.790 e. The number of hydrogen-bond donors (Lipinski definition) is 4. The number of nitrogens with zero attached hydrogens (tertiary/aromatic N) is 3. The summed E-state index contributed by atoms with van der Waals surface area (Å²) in [6, 6.07) is 0. The molecule has 1 saturated heterocycles. The maximum Gasteiger partial charge on any atom is 0.280 e. The number of aliphatic hydroxyl groups excluding tert-OH is 2. The number of anilines is 1. The van der Waals surface area contributed by atoms with Gasteiger partial charge in [-0.15, -0.1) is 0 Å². The standard InChI is InChI=1S/C11H16N5O8P/c1-12-11-14-8-5(9(19)15-11)13-3-16(8)10-7(18)6(17)4(24-10)2-23-25(20,21)22/h3-4,6-7,10,17-18H,2H2,1H3,(H2,20,21,22)(H2,12,14,15,19)/p-2/t4-,6+,7?,10-/m1/s1. The molecule has 25 heavy (non-hydrogen) atoms. The Morgan fingerprint density at radius 3 is 2.84 bits per heavy atom. The van der Waals surface area contributed by atoms with Crippen molar-refractivity contribution in [3.63, 3.8) is 0 Å². The zero-order chi connectivity index (χ0) is 18.4. The number of aromatic amines is 1. The molecule has 2 aromatic heterocycles. The Labute approximate surface area is 139 Å². The zero-order valence-electron chi connectivity index (χ0n) is 12.7. The largest absolute Gasteiger partial charge is 0.790 e. The van der Waals surface area contributed by atoms with Gasteiger partial charge in [0.25, 0.3) is 5.56 Å². The van der Waals surface area contributed by atoms with Crippen LogP contribution in [0, 0.1) is 0 Å². The lowest BCUT2D eigenvalue weighted by atomic mass is 10.1. The molecule has 1 fully saturated rings. The molecule has 14 heteroatoms. The van der Waals surface area contributed by atoms with Crippen molar-refractivity contribution in [2.45, 2.75) is 24.5 Å². The number of aromatic nitrogens is 4. The highest BCUT2D eigenvalue weighted by atomic mass is 31.2. The predicted octanol–water partition coefficient (Wildman–Crippen LogP) is -3.37. The maximum atomic E-state index is 11.9. The van der Waals surface area contributed by atoms with Crippen LogP contribution in [0.15, 0.2) is 11.1 Å². The van der Waals surface area contributed by atoms with Crippen LogP contribution in [-0.2, 0) is 13.8 Å². The molecule has 0 radical (unpaired) electrons. The molecule has 3 heterocycles. The van der Waals surface area contributed by atoms with E-state index in [1.165, 1.54) is 17.9 Å². The molecule has 138 valence electrons. The number of aliphatic hydroxyl groups is 2. The van der Waals surface area contributed by atoms with Gasteiger partial charge in [-0.05, 0) is 0 Å². The van der Waals surface area contributed by atoms with E-state index in [0.717, 1.165) is 0 Å². The van der Waals surface area contributed by atoms with Gasteiger partial charge < -0.3 is 39.1 Å². The highest BCUT2D eigenvalue weighted by Gasteiger charge is 2.44. The van der Waals surface area contributed by atoms with Crippen molar-refractivity contribution in [2.75, 3.05) is 19.0 Å². The quantitative estimate of drug-likeness (QED) is 0.380. The molecule has 0 aliphatic carbocycles. The van der Waals surface area contributed by atoms with Crippen molar-refractivity contribution >= 4 is 24.9 Å². The highest BCUT2D eigenvalue weighted by molar-refractivity contribution is 7.43. The van der Waals surface area contributed by atoms with Crippen molar-refractivity contribution in [3.05, 3.63) is 16.7 Å². The molecule has 1 aliphatic heterocycles. The van der Waals surface area contributed by atoms with Crippen LogP contribution in [0.25, 0.3) is 11.2 Å². The van der Waals surface area contributed by atoms with Gasteiger partial charge in [0.15, 0.2) is 17.4 Å². The number of phosphoric ester groups is 1. The summed E-state index contributed by atoms with van der Waals surface area (Å²) in [5.41, 5.74) is -0.475. The van der Waals surface area contributed by atoms with Gasteiger partial charge in [-0.1, -0.05) is 0 Å². The molecular weight excluding hydrogens is 361 g/mol. The van der Waals surface area contributed by atoms with Gasteiger partial charge in [-0.25, -0.2) is 4.98 Å². The smallest absolute Gasteiger partial charge is 0.280 e. The fourth-order valence-electron chi connectivity index (χ4n) is 2.49. The second-order valence-corrected chi connectivity index (χ2v) is 6.43. The van der Waals surface area contributed by atoms with E-state index in [9.17, 15) is 29.4 Å². The van der Waals surface area contributed by atoms with E-state index in [1.54, 1.807) is 0 Å². The summed E-state index contributed by atoms with van der Waals surface area (Å²) < 4.78 is 21.2. The van der Waals surface area contributed by atoms with E-state index >= 15 is 0 Å². The van der Waals surface area contributed by atoms with E-state index in [1.807, 2.05) is 0 Å². The van der Waals surface area contributed by atoms with Crippen molar-refractivity contribution in [2.24, 2.45) is 0 Å². The Hall–Kier alpha value is -1.86. The second-order valence-electron chi connectivity index (χ2n) is 5.28. The fourth-order valence-corrected chi connectivity index (χ4v) is 2.82. The molecule has 0 bridgehead atoms. The molecule has 1 unspecified atom stereocenters. The number of phosphoric acid groups is 1. The number of fused-ring (bicyclic) bond motifs is 1. The van der Waals surface area contributed by atoms with E-state index < -0.39 is 44.5 Å². The average Bonchev–Trinajstić information content (AvgIpc) is 3.08. The monoisotopic (exact) mass is 375 g/mol. The summed E-state index contributed by atoms with van der Waals surface area (Å²) >= 11 is 0. The number of rotatable bonds is 5. The van der Waals surface area contributed by atoms with Crippen LogP contribution in [0.1, 0.15) is 6.23 Å². The molecular formula is C11H14N5O8P-2. The third-order valence-corrected chi connectivity index (χ3v) is 4.14. The highest BCUT2D eigenvalue weighted by Crippen LogP contribution is 2.33. The molecule has 0 spiro atoms. The molecule has 2 aromatic rings. The summed E-state index contributed by atoms with van der Waals surface area (Å²) in [5, 5.41) is 22.8. The Bertz CT molecular complexity index is 877. The van der Waals surface area contributed by atoms with Gasteiger partial charge in [0.2, 0.25) is 5.95 Å². The first-order valence-electron chi connectivity index (χ1n) is 7.04. The van der Waals surface area contributed by atoms with Gasteiger partial charge in [0.1, 0.15) is 18.3 Å². The van der Waals surface area contributed by atoms with Crippen LogP contribution in [0.4, 0.5) is 5.95 Å². The number of nitrogens with one attached hydrogen (secondary N) is 2.